The van der Waals surface area contributed by atoms with Crippen LogP contribution in [0.25, 0.3) is 0 Å². The zero-order valence-electron chi connectivity index (χ0n) is 15.5. The Hall–Kier alpha value is -2.33. The molecule has 0 saturated carbocycles. The summed E-state index contributed by atoms with van der Waals surface area (Å²) in [4.78, 5) is 10.7. The highest BCUT2D eigenvalue weighted by atomic mass is 16.5. The fraction of sp³-hybridized carbons (Fsp3) is 0.409. The summed E-state index contributed by atoms with van der Waals surface area (Å²) in [5, 5.41) is 2.79. The topological polar surface area (TPSA) is 47.6 Å². The monoisotopic (exact) mass is 357 g/mol. The SMILES string of the molecule is C=CCO/C=C/[C@@H](CCCOCc1ccccc1)[C@H](CC=C)CNC=O. The van der Waals surface area contributed by atoms with Crippen molar-refractivity contribution in [3.63, 3.8) is 0 Å². The number of nitrogens with one attached hydrogen (secondary N) is 1. The second-order valence-electron chi connectivity index (χ2n) is 6.11. The minimum Gasteiger partial charge on any atom is -0.497 e. The molecule has 4 heteroatoms. The van der Waals surface area contributed by atoms with Crippen LogP contribution >= 0.6 is 0 Å². The van der Waals surface area contributed by atoms with Gasteiger partial charge in [-0.3, -0.25) is 4.79 Å². The highest BCUT2D eigenvalue weighted by Crippen LogP contribution is 2.23. The van der Waals surface area contributed by atoms with Crippen molar-refractivity contribution in [3.8, 4) is 0 Å². The summed E-state index contributed by atoms with van der Waals surface area (Å²) in [6, 6.07) is 10.2. The minimum absolute atomic E-state index is 0.283. The van der Waals surface area contributed by atoms with Crippen LogP contribution in [0, 0.1) is 11.8 Å². The molecule has 1 rings (SSSR count). The van der Waals surface area contributed by atoms with E-state index in [1.54, 1.807) is 12.3 Å². The molecular weight excluding hydrogens is 326 g/mol. The van der Waals surface area contributed by atoms with Gasteiger partial charge in [0.25, 0.3) is 0 Å². The van der Waals surface area contributed by atoms with Crippen molar-refractivity contribution < 1.29 is 14.3 Å². The Morgan fingerprint density at radius 1 is 1.15 bits per heavy atom. The Balaban J connectivity index is 2.47. The molecule has 0 aliphatic carbocycles. The molecule has 1 N–H and O–H groups in total. The van der Waals surface area contributed by atoms with Crippen molar-refractivity contribution in [2.75, 3.05) is 19.8 Å². The molecule has 142 valence electrons. The zero-order chi connectivity index (χ0) is 18.9. The number of benzene rings is 1. The number of carbonyl (C=O) groups is 1. The van der Waals surface area contributed by atoms with Crippen LogP contribution in [0.15, 0.2) is 68.0 Å². The summed E-state index contributed by atoms with van der Waals surface area (Å²) < 4.78 is 11.2. The highest BCUT2D eigenvalue weighted by molar-refractivity contribution is 5.45. The van der Waals surface area contributed by atoms with E-state index < -0.39 is 0 Å². The van der Waals surface area contributed by atoms with Crippen LogP contribution < -0.4 is 5.32 Å². The Bertz CT molecular complexity index is 527. The fourth-order valence-electron chi connectivity index (χ4n) is 2.78. The molecule has 0 heterocycles. The van der Waals surface area contributed by atoms with Crippen LogP contribution in [0.5, 0.6) is 0 Å². The molecule has 0 aromatic heterocycles. The Kier molecular flexibility index (Phi) is 12.5. The van der Waals surface area contributed by atoms with Crippen molar-refractivity contribution in [2.45, 2.75) is 25.9 Å². The van der Waals surface area contributed by atoms with Gasteiger partial charge in [0.15, 0.2) is 0 Å². The van der Waals surface area contributed by atoms with Crippen molar-refractivity contribution in [2.24, 2.45) is 11.8 Å². The van der Waals surface area contributed by atoms with Crippen molar-refractivity contribution in [1.82, 2.24) is 5.32 Å². The van der Waals surface area contributed by atoms with Crippen LogP contribution in [-0.2, 0) is 20.9 Å². The molecule has 1 aromatic rings. The third-order valence-electron chi connectivity index (χ3n) is 4.11. The molecule has 4 nitrogen and oxygen atoms in total. The van der Waals surface area contributed by atoms with E-state index >= 15 is 0 Å². The third kappa shape index (κ3) is 9.84. The number of amides is 1. The molecule has 2 atom stereocenters. The van der Waals surface area contributed by atoms with Gasteiger partial charge in [0.1, 0.15) is 6.61 Å². The number of allylic oxidation sites excluding steroid dienone is 2. The average Bonchev–Trinajstić information content (AvgIpc) is 2.67. The molecule has 1 aromatic carbocycles. The van der Waals surface area contributed by atoms with E-state index in [1.807, 2.05) is 24.3 Å². The molecule has 1 amide bonds. The summed E-state index contributed by atoms with van der Waals surface area (Å²) in [5.74, 6) is 0.570. The second-order valence-corrected chi connectivity index (χ2v) is 6.11. The Morgan fingerprint density at radius 2 is 1.96 bits per heavy atom. The molecular formula is C22H31NO3. The average molecular weight is 357 g/mol. The maximum Gasteiger partial charge on any atom is 0.207 e. The van der Waals surface area contributed by atoms with Gasteiger partial charge < -0.3 is 14.8 Å². The molecule has 0 aliphatic rings. The van der Waals surface area contributed by atoms with Gasteiger partial charge >= 0.3 is 0 Å². The predicted octanol–water partition coefficient (Wildman–Crippen LogP) is 4.25. The van der Waals surface area contributed by atoms with Gasteiger partial charge in [-0.2, -0.15) is 0 Å². The van der Waals surface area contributed by atoms with Crippen LogP contribution in [0.4, 0.5) is 0 Å². The molecule has 0 fully saturated rings. The predicted molar refractivity (Wildman–Crippen MR) is 106 cm³/mol. The molecule has 0 radical (unpaired) electrons. The first-order valence-corrected chi connectivity index (χ1v) is 9.10. The van der Waals surface area contributed by atoms with Gasteiger partial charge in [-0.25, -0.2) is 0 Å². The fourth-order valence-corrected chi connectivity index (χ4v) is 2.78. The standard InChI is InChI=1S/C22H31NO3/c1-3-9-22(17-23-19-24)21(13-16-25-14-4-2)12-8-15-26-18-20-10-6-5-7-11-20/h3-7,10-11,13,16,19,21-22H,1-2,8-9,12,14-15,17-18H2,(H,23,24)/b16-13+/t21-,22-/m1/s1. The first-order valence-electron chi connectivity index (χ1n) is 9.10. The summed E-state index contributed by atoms with van der Waals surface area (Å²) in [7, 11) is 0. The summed E-state index contributed by atoms with van der Waals surface area (Å²) in [5.41, 5.74) is 1.18. The van der Waals surface area contributed by atoms with E-state index in [9.17, 15) is 4.79 Å². The van der Waals surface area contributed by atoms with Crippen molar-refractivity contribution in [3.05, 3.63) is 73.5 Å². The summed E-state index contributed by atoms with van der Waals surface area (Å²) >= 11 is 0. The van der Waals surface area contributed by atoms with Crippen LogP contribution in [-0.4, -0.2) is 26.2 Å². The quantitative estimate of drug-likeness (QED) is 0.208. The van der Waals surface area contributed by atoms with E-state index in [1.165, 1.54) is 5.56 Å². The van der Waals surface area contributed by atoms with E-state index in [0.717, 1.165) is 25.7 Å². The first kappa shape index (κ1) is 21.7. The lowest BCUT2D eigenvalue weighted by Gasteiger charge is -2.23. The molecule has 0 unspecified atom stereocenters. The van der Waals surface area contributed by atoms with Gasteiger partial charge in [-0.05, 0) is 42.7 Å². The van der Waals surface area contributed by atoms with Crippen molar-refractivity contribution >= 4 is 6.41 Å². The third-order valence-corrected chi connectivity index (χ3v) is 4.11. The van der Waals surface area contributed by atoms with Gasteiger partial charge in [0, 0.05) is 13.2 Å². The number of carbonyl (C=O) groups excluding carboxylic acids is 1. The number of hydrogen-bond donors (Lipinski definition) is 1. The lowest BCUT2D eigenvalue weighted by Crippen LogP contribution is -2.26. The molecule has 0 spiro atoms. The van der Waals surface area contributed by atoms with Crippen LogP contribution in [0.3, 0.4) is 0 Å². The molecule has 0 bridgehead atoms. The number of hydrogen-bond acceptors (Lipinski definition) is 3. The Morgan fingerprint density at radius 3 is 2.65 bits per heavy atom. The lowest BCUT2D eigenvalue weighted by molar-refractivity contribution is -0.109. The first-order chi connectivity index (χ1) is 12.8. The maximum atomic E-state index is 10.7. The largest absolute Gasteiger partial charge is 0.497 e. The number of rotatable bonds is 16. The minimum atomic E-state index is 0.283. The van der Waals surface area contributed by atoms with Gasteiger partial charge in [0.2, 0.25) is 6.41 Å². The maximum absolute atomic E-state index is 10.7. The van der Waals surface area contributed by atoms with Crippen molar-refractivity contribution in [1.29, 1.82) is 0 Å². The molecule has 26 heavy (non-hydrogen) atoms. The summed E-state index contributed by atoms with van der Waals surface area (Å²) in [6.45, 7) is 9.92. The van der Waals surface area contributed by atoms with Crippen LogP contribution in [0.2, 0.25) is 0 Å². The smallest absolute Gasteiger partial charge is 0.207 e. The zero-order valence-corrected chi connectivity index (χ0v) is 15.5. The molecule has 0 aliphatic heterocycles. The van der Waals surface area contributed by atoms with E-state index in [2.05, 4.69) is 36.7 Å². The van der Waals surface area contributed by atoms with E-state index in [4.69, 9.17) is 9.47 Å². The number of ether oxygens (including phenoxy) is 2. The Labute approximate surface area is 157 Å². The van der Waals surface area contributed by atoms with Gasteiger partial charge in [-0.15, -0.1) is 6.58 Å². The van der Waals surface area contributed by atoms with E-state index in [-0.39, 0.29) is 11.8 Å². The second kappa shape index (κ2) is 15.0. The highest BCUT2D eigenvalue weighted by Gasteiger charge is 2.18. The molecule has 0 saturated heterocycles. The lowest BCUT2D eigenvalue weighted by atomic mass is 9.86. The van der Waals surface area contributed by atoms with E-state index in [0.29, 0.717) is 26.4 Å². The van der Waals surface area contributed by atoms with Crippen LogP contribution in [0.1, 0.15) is 24.8 Å². The summed E-state index contributed by atoms with van der Waals surface area (Å²) in [6.07, 6.45) is 10.9. The van der Waals surface area contributed by atoms with Gasteiger partial charge in [-0.1, -0.05) is 49.1 Å². The van der Waals surface area contributed by atoms with Gasteiger partial charge in [0.05, 0.1) is 12.9 Å². The normalized spacial score (nSPS) is 13.1.